The van der Waals surface area contributed by atoms with Crippen LogP contribution < -0.4 is 9.47 Å². The van der Waals surface area contributed by atoms with Gasteiger partial charge in [0.05, 0.1) is 13.2 Å². The van der Waals surface area contributed by atoms with Crippen LogP contribution in [0.15, 0.2) is 12.1 Å². The molecular weight excluding hydrogens is 252 g/mol. The monoisotopic (exact) mass is 270 g/mol. The molecule has 0 unspecified atom stereocenters. The minimum atomic E-state index is 0.0495. The summed E-state index contributed by atoms with van der Waals surface area (Å²) in [5.74, 6) is 1.39. The van der Waals surface area contributed by atoms with Crippen LogP contribution in [-0.2, 0) is 6.42 Å². The zero-order valence-corrected chi connectivity index (χ0v) is 11.4. The van der Waals surface area contributed by atoms with Gasteiger partial charge in [0.2, 0.25) is 0 Å². The molecule has 0 saturated heterocycles. The fourth-order valence-corrected chi connectivity index (χ4v) is 2.63. The average molecular weight is 271 g/mol. The second kappa shape index (κ2) is 6.30. The third-order valence-electron chi connectivity index (χ3n) is 3.34. The summed E-state index contributed by atoms with van der Waals surface area (Å²) in [5, 5.41) is 9.76. The Kier molecular flexibility index (Phi) is 4.72. The van der Waals surface area contributed by atoms with Crippen LogP contribution in [0.1, 0.15) is 31.2 Å². The molecule has 0 radical (unpaired) electrons. The summed E-state index contributed by atoms with van der Waals surface area (Å²) in [6.45, 7) is 0.0495. The molecule has 0 amide bonds. The van der Waals surface area contributed by atoms with Crippen molar-refractivity contribution in [3.8, 4) is 11.5 Å². The van der Waals surface area contributed by atoms with Gasteiger partial charge >= 0.3 is 0 Å². The summed E-state index contributed by atoms with van der Waals surface area (Å²) in [4.78, 5) is 0. The molecule has 100 valence electrons. The fourth-order valence-electron chi connectivity index (χ4n) is 2.39. The van der Waals surface area contributed by atoms with Crippen LogP contribution in [0.3, 0.4) is 0 Å². The van der Waals surface area contributed by atoms with E-state index in [2.05, 4.69) is 0 Å². The molecule has 4 heteroatoms. The minimum absolute atomic E-state index is 0.0495. The van der Waals surface area contributed by atoms with Crippen LogP contribution in [0.4, 0.5) is 0 Å². The number of ether oxygens (including phenoxy) is 2. The maximum atomic E-state index is 9.14. The first-order valence-corrected chi connectivity index (χ1v) is 6.77. The van der Waals surface area contributed by atoms with Crippen molar-refractivity contribution in [1.82, 2.24) is 0 Å². The highest BCUT2D eigenvalue weighted by molar-refractivity contribution is 6.31. The first-order valence-electron chi connectivity index (χ1n) is 6.39. The van der Waals surface area contributed by atoms with Crippen LogP contribution >= 0.6 is 11.6 Å². The molecule has 0 atom stereocenters. The number of aliphatic hydroxyl groups excluding tert-OH is 1. The Morgan fingerprint density at radius 2 is 2.06 bits per heavy atom. The van der Waals surface area contributed by atoms with Gasteiger partial charge in [0.15, 0.2) is 11.5 Å². The van der Waals surface area contributed by atoms with Gasteiger partial charge in [0, 0.05) is 23.6 Å². The lowest BCUT2D eigenvalue weighted by Gasteiger charge is -2.19. The number of halogens is 1. The van der Waals surface area contributed by atoms with Crippen molar-refractivity contribution in [2.45, 2.75) is 38.2 Å². The Balaban J connectivity index is 2.30. The van der Waals surface area contributed by atoms with Crippen LogP contribution in [0.2, 0.25) is 5.02 Å². The molecule has 0 bridgehead atoms. The Labute approximate surface area is 113 Å². The number of benzene rings is 1. The molecule has 1 aliphatic carbocycles. The van der Waals surface area contributed by atoms with Gasteiger partial charge in [0.1, 0.15) is 0 Å². The van der Waals surface area contributed by atoms with E-state index in [0.29, 0.717) is 22.9 Å². The minimum Gasteiger partial charge on any atom is -0.493 e. The van der Waals surface area contributed by atoms with Gasteiger partial charge < -0.3 is 14.6 Å². The van der Waals surface area contributed by atoms with Crippen LogP contribution in [-0.4, -0.2) is 24.9 Å². The summed E-state index contributed by atoms with van der Waals surface area (Å²) in [6, 6.07) is 3.60. The number of aliphatic hydroxyl groups is 1. The lowest BCUT2D eigenvalue weighted by Crippen LogP contribution is -2.13. The second-order valence-electron chi connectivity index (χ2n) is 4.56. The van der Waals surface area contributed by atoms with Crippen molar-refractivity contribution in [3.63, 3.8) is 0 Å². The van der Waals surface area contributed by atoms with Crippen molar-refractivity contribution in [2.75, 3.05) is 13.7 Å². The number of hydrogen-bond donors (Lipinski definition) is 1. The van der Waals surface area contributed by atoms with E-state index >= 15 is 0 Å². The van der Waals surface area contributed by atoms with Gasteiger partial charge in [-0.05, 0) is 37.8 Å². The van der Waals surface area contributed by atoms with Crippen LogP contribution in [0.5, 0.6) is 11.5 Å². The van der Waals surface area contributed by atoms with Crippen molar-refractivity contribution < 1.29 is 14.6 Å². The van der Waals surface area contributed by atoms with Crippen molar-refractivity contribution >= 4 is 11.6 Å². The van der Waals surface area contributed by atoms with Gasteiger partial charge in [-0.3, -0.25) is 0 Å². The highest BCUT2D eigenvalue weighted by Gasteiger charge is 2.21. The van der Waals surface area contributed by atoms with Crippen molar-refractivity contribution in [2.24, 2.45) is 0 Å². The molecule has 0 aromatic heterocycles. The first kappa shape index (κ1) is 13.5. The van der Waals surface area contributed by atoms with Gasteiger partial charge in [-0.2, -0.15) is 0 Å². The second-order valence-corrected chi connectivity index (χ2v) is 4.96. The Bertz CT molecular complexity index is 400. The predicted molar refractivity (Wildman–Crippen MR) is 71.7 cm³/mol. The number of rotatable bonds is 5. The molecule has 0 aliphatic heterocycles. The van der Waals surface area contributed by atoms with E-state index in [-0.39, 0.29) is 12.7 Å². The SMILES string of the molecule is COc1ccc(Cl)c(CCO)c1OC1CCCC1. The summed E-state index contributed by atoms with van der Waals surface area (Å²) in [7, 11) is 1.62. The summed E-state index contributed by atoms with van der Waals surface area (Å²) >= 11 is 6.18. The fraction of sp³-hybridized carbons (Fsp3) is 0.571. The van der Waals surface area contributed by atoms with E-state index in [1.165, 1.54) is 12.8 Å². The standard InChI is InChI=1S/C14H19ClO3/c1-17-13-7-6-12(15)11(8-9-16)14(13)18-10-4-2-3-5-10/h6-7,10,16H,2-5,8-9H2,1H3. The third-order valence-corrected chi connectivity index (χ3v) is 3.69. The summed E-state index contributed by atoms with van der Waals surface area (Å²) in [6.07, 6.45) is 5.31. The van der Waals surface area contributed by atoms with Crippen LogP contribution in [0.25, 0.3) is 0 Å². The Morgan fingerprint density at radius 1 is 1.33 bits per heavy atom. The molecule has 1 saturated carbocycles. The summed E-state index contributed by atoms with van der Waals surface area (Å²) < 4.78 is 11.4. The van der Waals surface area contributed by atoms with E-state index < -0.39 is 0 Å². The molecule has 18 heavy (non-hydrogen) atoms. The summed E-state index contributed by atoms with van der Waals surface area (Å²) in [5.41, 5.74) is 0.838. The lowest BCUT2D eigenvalue weighted by atomic mass is 10.1. The molecule has 2 rings (SSSR count). The normalized spacial score (nSPS) is 15.9. The van der Waals surface area contributed by atoms with E-state index in [0.717, 1.165) is 18.4 Å². The predicted octanol–water partition coefficient (Wildman–Crippen LogP) is 3.20. The largest absolute Gasteiger partial charge is 0.493 e. The lowest BCUT2D eigenvalue weighted by molar-refractivity contribution is 0.197. The molecular formula is C14H19ClO3. The van der Waals surface area contributed by atoms with Gasteiger partial charge in [-0.25, -0.2) is 0 Å². The average Bonchev–Trinajstić information content (AvgIpc) is 2.87. The smallest absolute Gasteiger partial charge is 0.166 e. The Morgan fingerprint density at radius 3 is 2.67 bits per heavy atom. The zero-order valence-electron chi connectivity index (χ0n) is 10.6. The van der Waals surface area contributed by atoms with E-state index in [4.69, 9.17) is 26.2 Å². The van der Waals surface area contributed by atoms with Gasteiger partial charge in [-0.1, -0.05) is 11.6 Å². The molecule has 1 aliphatic rings. The number of hydrogen-bond acceptors (Lipinski definition) is 3. The highest BCUT2D eigenvalue weighted by Crippen LogP contribution is 2.38. The van der Waals surface area contributed by atoms with E-state index in [1.54, 1.807) is 13.2 Å². The van der Waals surface area contributed by atoms with E-state index in [9.17, 15) is 0 Å². The van der Waals surface area contributed by atoms with Gasteiger partial charge in [0.25, 0.3) is 0 Å². The first-order chi connectivity index (χ1) is 8.76. The molecule has 1 aromatic rings. The number of methoxy groups -OCH3 is 1. The molecule has 0 spiro atoms. The van der Waals surface area contributed by atoms with E-state index in [1.807, 2.05) is 6.07 Å². The molecule has 1 fully saturated rings. The maximum absolute atomic E-state index is 9.14. The topological polar surface area (TPSA) is 38.7 Å². The van der Waals surface area contributed by atoms with Gasteiger partial charge in [-0.15, -0.1) is 0 Å². The maximum Gasteiger partial charge on any atom is 0.166 e. The van der Waals surface area contributed by atoms with Crippen LogP contribution in [0, 0.1) is 0 Å². The molecule has 1 N–H and O–H groups in total. The Hall–Kier alpha value is -0.930. The molecule has 1 aromatic carbocycles. The van der Waals surface area contributed by atoms with Crippen molar-refractivity contribution in [3.05, 3.63) is 22.7 Å². The molecule has 3 nitrogen and oxygen atoms in total. The zero-order chi connectivity index (χ0) is 13.0. The van der Waals surface area contributed by atoms with Crippen molar-refractivity contribution in [1.29, 1.82) is 0 Å². The highest BCUT2D eigenvalue weighted by atomic mass is 35.5. The third kappa shape index (κ3) is 2.90. The molecule has 0 heterocycles. The quantitative estimate of drug-likeness (QED) is 0.893.